The Hall–Kier alpha value is -2.41. The second-order valence-corrected chi connectivity index (χ2v) is 6.37. The Morgan fingerprint density at radius 2 is 2.17 bits per heavy atom. The number of hydrogen-bond donors (Lipinski definition) is 2. The molecule has 120 valence electrons. The van der Waals surface area contributed by atoms with E-state index in [9.17, 15) is 4.79 Å². The van der Waals surface area contributed by atoms with Crippen molar-refractivity contribution in [3.8, 4) is 0 Å². The normalized spacial score (nSPS) is 12.3. The lowest BCUT2D eigenvalue weighted by Crippen LogP contribution is -2.31. The molecule has 1 atom stereocenters. The molecule has 3 rings (SSSR count). The predicted molar refractivity (Wildman–Crippen MR) is 91.0 cm³/mol. The molecule has 2 N–H and O–H groups in total. The van der Waals surface area contributed by atoms with Crippen LogP contribution in [0.15, 0.2) is 28.0 Å². The van der Waals surface area contributed by atoms with Gasteiger partial charge >= 0.3 is 6.03 Å². The van der Waals surface area contributed by atoms with Crippen LogP contribution in [-0.4, -0.2) is 22.5 Å². The van der Waals surface area contributed by atoms with Crippen molar-refractivity contribution in [1.82, 2.24) is 15.3 Å². The highest BCUT2D eigenvalue weighted by atomic mass is 32.1. The van der Waals surface area contributed by atoms with Crippen molar-refractivity contribution in [3.05, 3.63) is 40.2 Å². The molecule has 0 aliphatic rings. The molecule has 2 heterocycles. The fourth-order valence-corrected chi connectivity index (χ4v) is 3.08. The highest BCUT2D eigenvalue weighted by Gasteiger charge is 2.11. The van der Waals surface area contributed by atoms with E-state index >= 15 is 0 Å². The SMILES string of the molecule is Cc1csc(C(C)CNC(=O)Nc2ccc3nc(C)oc3c2)n1. The second-order valence-electron chi connectivity index (χ2n) is 5.48. The molecule has 3 aromatic rings. The van der Waals surface area contributed by atoms with Crippen molar-refractivity contribution < 1.29 is 9.21 Å². The van der Waals surface area contributed by atoms with E-state index in [1.807, 2.05) is 25.3 Å². The Morgan fingerprint density at radius 1 is 1.35 bits per heavy atom. The van der Waals surface area contributed by atoms with Gasteiger partial charge in [0.25, 0.3) is 0 Å². The van der Waals surface area contributed by atoms with Crippen LogP contribution in [0.25, 0.3) is 11.1 Å². The first-order valence-electron chi connectivity index (χ1n) is 7.35. The van der Waals surface area contributed by atoms with Gasteiger partial charge in [-0.1, -0.05) is 6.92 Å². The number of thiazole rings is 1. The van der Waals surface area contributed by atoms with Crippen LogP contribution in [0.3, 0.4) is 0 Å². The number of nitrogens with zero attached hydrogens (tertiary/aromatic N) is 2. The third kappa shape index (κ3) is 3.68. The molecule has 1 aromatic carbocycles. The molecule has 23 heavy (non-hydrogen) atoms. The van der Waals surface area contributed by atoms with Crippen LogP contribution in [0.4, 0.5) is 10.5 Å². The number of carbonyl (C=O) groups is 1. The Labute approximate surface area is 137 Å². The summed E-state index contributed by atoms with van der Waals surface area (Å²) in [7, 11) is 0. The van der Waals surface area contributed by atoms with Crippen molar-refractivity contribution in [1.29, 1.82) is 0 Å². The van der Waals surface area contributed by atoms with Gasteiger partial charge in [-0.3, -0.25) is 0 Å². The van der Waals surface area contributed by atoms with Gasteiger partial charge in [0.1, 0.15) is 5.52 Å². The summed E-state index contributed by atoms with van der Waals surface area (Å²) < 4.78 is 5.46. The van der Waals surface area contributed by atoms with Crippen molar-refractivity contribution in [2.75, 3.05) is 11.9 Å². The van der Waals surface area contributed by atoms with E-state index in [4.69, 9.17) is 4.42 Å². The zero-order valence-electron chi connectivity index (χ0n) is 13.2. The molecule has 2 amide bonds. The van der Waals surface area contributed by atoms with E-state index in [1.54, 1.807) is 30.4 Å². The predicted octanol–water partition coefficient (Wildman–Crippen LogP) is 3.83. The van der Waals surface area contributed by atoms with Gasteiger partial charge in [-0.05, 0) is 19.1 Å². The Bertz CT molecular complexity index is 840. The first-order chi connectivity index (χ1) is 11.0. The molecule has 0 bridgehead atoms. The number of amides is 2. The highest BCUT2D eigenvalue weighted by molar-refractivity contribution is 7.09. The molecular weight excluding hydrogens is 312 g/mol. The summed E-state index contributed by atoms with van der Waals surface area (Å²) in [5.41, 5.74) is 3.12. The fraction of sp³-hybridized carbons (Fsp3) is 0.312. The summed E-state index contributed by atoms with van der Waals surface area (Å²) in [5, 5.41) is 8.71. The number of oxazole rings is 1. The molecule has 0 fully saturated rings. The van der Waals surface area contributed by atoms with E-state index in [2.05, 4.69) is 20.6 Å². The molecule has 7 heteroatoms. The van der Waals surface area contributed by atoms with Crippen LogP contribution < -0.4 is 10.6 Å². The number of carbonyl (C=O) groups excluding carboxylic acids is 1. The van der Waals surface area contributed by atoms with E-state index in [-0.39, 0.29) is 11.9 Å². The molecule has 1 unspecified atom stereocenters. The molecule has 0 radical (unpaired) electrons. The smallest absolute Gasteiger partial charge is 0.319 e. The number of fused-ring (bicyclic) bond motifs is 1. The number of urea groups is 1. The number of rotatable bonds is 4. The lowest BCUT2D eigenvalue weighted by Gasteiger charge is -2.11. The first-order valence-corrected chi connectivity index (χ1v) is 8.23. The van der Waals surface area contributed by atoms with Gasteiger partial charge < -0.3 is 15.1 Å². The van der Waals surface area contributed by atoms with Crippen LogP contribution in [0, 0.1) is 13.8 Å². The van der Waals surface area contributed by atoms with Crippen LogP contribution in [0.5, 0.6) is 0 Å². The Morgan fingerprint density at radius 3 is 2.91 bits per heavy atom. The number of nitrogens with one attached hydrogen (secondary N) is 2. The van der Waals surface area contributed by atoms with Crippen LogP contribution >= 0.6 is 11.3 Å². The summed E-state index contributed by atoms with van der Waals surface area (Å²) in [5.74, 6) is 0.785. The van der Waals surface area contributed by atoms with E-state index in [0.717, 1.165) is 16.2 Å². The number of hydrogen-bond acceptors (Lipinski definition) is 5. The van der Waals surface area contributed by atoms with E-state index in [1.165, 1.54) is 0 Å². The van der Waals surface area contributed by atoms with E-state index in [0.29, 0.717) is 23.7 Å². The van der Waals surface area contributed by atoms with Crippen molar-refractivity contribution in [3.63, 3.8) is 0 Å². The second kappa shape index (κ2) is 6.37. The van der Waals surface area contributed by atoms with Gasteiger partial charge in [0, 0.05) is 42.2 Å². The van der Waals surface area contributed by atoms with Gasteiger partial charge in [-0.15, -0.1) is 11.3 Å². The average Bonchev–Trinajstić information content (AvgIpc) is 3.09. The van der Waals surface area contributed by atoms with Crippen LogP contribution in [0.1, 0.15) is 29.4 Å². The number of aryl methyl sites for hydroxylation is 2. The largest absolute Gasteiger partial charge is 0.441 e. The van der Waals surface area contributed by atoms with Crippen LogP contribution in [-0.2, 0) is 0 Å². The lowest BCUT2D eigenvalue weighted by molar-refractivity contribution is 0.251. The van der Waals surface area contributed by atoms with Gasteiger partial charge in [-0.2, -0.15) is 0 Å². The summed E-state index contributed by atoms with van der Waals surface area (Å²) in [6, 6.07) is 5.14. The van der Waals surface area contributed by atoms with Crippen molar-refractivity contribution >= 4 is 34.2 Å². The van der Waals surface area contributed by atoms with Gasteiger partial charge in [0.05, 0.1) is 5.01 Å². The first kappa shape index (κ1) is 15.5. The zero-order chi connectivity index (χ0) is 16.4. The molecule has 2 aromatic heterocycles. The minimum Gasteiger partial charge on any atom is -0.441 e. The zero-order valence-corrected chi connectivity index (χ0v) is 14.0. The van der Waals surface area contributed by atoms with E-state index < -0.39 is 0 Å². The molecule has 0 spiro atoms. The van der Waals surface area contributed by atoms with Gasteiger partial charge in [0.2, 0.25) is 0 Å². The maximum Gasteiger partial charge on any atom is 0.319 e. The summed E-state index contributed by atoms with van der Waals surface area (Å²) in [4.78, 5) is 20.7. The molecule has 0 aliphatic heterocycles. The topological polar surface area (TPSA) is 80.0 Å². The van der Waals surface area contributed by atoms with Crippen molar-refractivity contribution in [2.45, 2.75) is 26.7 Å². The third-order valence-electron chi connectivity index (χ3n) is 3.38. The maximum atomic E-state index is 12.0. The molecular formula is C16H18N4O2S. The Kier molecular flexibility index (Phi) is 4.29. The number of anilines is 1. The number of aromatic nitrogens is 2. The van der Waals surface area contributed by atoms with Crippen molar-refractivity contribution in [2.24, 2.45) is 0 Å². The maximum absolute atomic E-state index is 12.0. The average molecular weight is 330 g/mol. The summed E-state index contributed by atoms with van der Waals surface area (Å²) >= 11 is 1.61. The molecule has 0 saturated heterocycles. The van der Waals surface area contributed by atoms with Crippen LogP contribution in [0.2, 0.25) is 0 Å². The Balaban J connectivity index is 1.57. The summed E-state index contributed by atoms with van der Waals surface area (Å²) in [6.07, 6.45) is 0. The number of benzene rings is 1. The van der Waals surface area contributed by atoms with Gasteiger partial charge in [-0.25, -0.2) is 14.8 Å². The minimum atomic E-state index is -0.249. The third-order valence-corrected chi connectivity index (χ3v) is 4.57. The lowest BCUT2D eigenvalue weighted by atomic mass is 10.2. The monoisotopic (exact) mass is 330 g/mol. The molecule has 0 aliphatic carbocycles. The highest BCUT2D eigenvalue weighted by Crippen LogP contribution is 2.20. The molecule has 6 nitrogen and oxygen atoms in total. The quantitative estimate of drug-likeness (QED) is 0.762. The fourth-order valence-electron chi connectivity index (χ4n) is 2.22. The summed E-state index contributed by atoms with van der Waals surface area (Å²) in [6.45, 7) is 6.33. The minimum absolute atomic E-state index is 0.179. The van der Waals surface area contributed by atoms with Gasteiger partial charge in [0.15, 0.2) is 11.5 Å². The molecule has 0 saturated carbocycles. The standard InChI is InChI=1S/C16H18N4O2S/c1-9(15-18-10(2)8-23-15)7-17-16(21)20-12-4-5-13-14(6-12)22-11(3)19-13/h4-6,8-9H,7H2,1-3H3,(H2,17,20,21).